The molecule has 2 aromatic carbocycles. The monoisotopic (exact) mass is 650 g/mol. The molecule has 3 N–H and O–H groups in total. The van der Waals surface area contributed by atoms with Crippen molar-refractivity contribution >= 4 is 27.6 Å². The van der Waals surface area contributed by atoms with Crippen molar-refractivity contribution in [2.75, 3.05) is 38.7 Å². The molecule has 0 unspecified atom stereocenters. The number of carbonyl (C=O) groups is 2. The average Bonchev–Trinajstić information content (AvgIpc) is 2.98. The van der Waals surface area contributed by atoms with Crippen molar-refractivity contribution in [3.8, 4) is 5.75 Å². The lowest BCUT2D eigenvalue weighted by molar-refractivity contribution is -0.00834. The van der Waals surface area contributed by atoms with Crippen molar-refractivity contribution in [3.05, 3.63) is 53.8 Å². The Hall–Kier alpha value is -3.26. The smallest absolute Gasteiger partial charge is 0.319 e. The van der Waals surface area contributed by atoms with Crippen molar-refractivity contribution in [1.29, 1.82) is 0 Å². The van der Waals surface area contributed by atoms with Crippen LogP contribution in [0.5, 0.6) is 5.75 Å². The van der Waals surface area contributed by atoms with Gasteiger partial charge < -0.3 is 30.1 Å². The topological polar surface area (TPSA) is 138 Å². The van der Waals surface area contributed by atoms with Crippen LogP contribution in [0.15, 0.2) is 47.4 Å². The molecule has 0 aliphatic carbocycles. The van der Waals surface area contributed by atoms with Crippen LogP contribution >= 0.6 is 0 Å². The van der Waals surface area contributed by atoms with Crippen LogP contribution < -0.4 is 15.4 Å². The highest BCUT2D eigenvalue weighted by Gasteiger charge is 2.32. The molecule has 11 nitrogen and oxygen atoms in total. The quantitative estimate of drug-likeness (QED) is 0.383. The Morgan fingerprint density at radius 2 is 1.82 bits per heavy atom. The maximum atomic E-state index is 14.2. The van der Waals surface area contributed by atoms with Gasteiger partial charge in [0.1, 0.15) is 11.6 Å². The lowest BCUT2D eigenvalue weighted by Crippen LogP contribution is -2.48. The predicted octanol–water partition coefficient (Wildman–Crippen LogP) is 4.47. The summed E-state index contributed by atoms with van der Waals surface area (Å²) in [7, 11) is -2.50. The molecule has 0 saturated heterocycles. The summed E-state index contributed by atoms with van der Waals surface area (Å²) in [4.78, 5) is 28.1. The fourth-order valence-electron chi connectivity index (χ4n) is 5.03. The lowest BCUT2D eigenvalue weighted by atomic mass is 10.0. The number of nitrogens with one attached hydrogen (secondary N) is 2. The van der Waals surface area contributed by atoms with Gasteiger partial charge in [0.2, 0.25) is 10.0 Å². The van der Waals surface area contributed by atoms with Crippen LogP contribution in [-0.4, -0.2) is 92.3 Å². The second kappa shape index (κ2) is 16.3. The zero-order valence-electron chi connectivity index (χ0n) is 27.0. The van der Waals surface area contributed by atoms with E-state index in [1.165, 1.54) is 28.4 Å². The maximum absolute atomic E-state index is 14.2. The zero-order chi connectivity index (χ0) is 33.3. The summed E-state index contributed by atoms with van der Waals surface area (Å²) in [5, 5.41) is 15.7. The summed E-state index contributed by atoms with van der Waals surface area (Å²) in [5.41, 5.74) is 0.623. The third-order valence-corrected chi connectivity index (χ3v) is 9.53. The van der Waals surface area contributed by atoms with Gasteiger partial charge in [-0.2, -0.15) is 4.31 Å². The number of likely N-dealkylation sites (N-methyl/N-ethyl adjacent to an activating group) is 1. The van der Waals surface area contributed by atoms with Crippen molar-refractivity contribution < 1.29 is 37.0 Å². The van der Waals surface area contributed by atoms with Crippen LogP contribution in [0.4, 0.5) is 14.9 Å². The maximum Gasteiger partial charge on any atom is 0.319 e. The molecule has 3 amide bonds. The summed E-state index contributed by atoms with van der Waals surface area (Å²) < 4.78 is 53.7. The van der Waals surface area contributed by atoms with Gasteiger partial charge >= 0.3 is 6.03 Å². The Morgan fingerprint density at radius 1 is 1.13 bits per heavy atom. The van der Waals surface area contributed by atoms with Gasteiger partial charge in [0.15, 0.2) is 0 Å². The largest absolute Gasteiger partial charge is 0.490 e. The fraction of sp³-hybridized carbons (Fsp3) is 0.562. The molecule has 4 atom stereocenters. The Morgan fingerprint density at radius 3 is 2.47 bits per heavy atom. The molecule has 0 spiro atoms. The number of carbonyl (C=O) groups excluding carboxylic acids is 2. The van der Waals surface area contributed by atoms with Crippen LogP contribution in [-0.2, 0) is 14.8 Å². The van der Waals surface area contributed by atoms with Crippen LogP contribution in [0.2, 0.25) is 0 Å². The van der Waals surface area contributed by atoms with E-state index in [0.29, 0.717) is 30.9 Å². The van der Waals surface area contributed by atoms with Gasteiger partial charge in [-0.05, 0) is 89.4 Å². The number of urea groups is 1. The molecule has 1 heterocycles. The number of sulfonamides is 1. The van der Waals surface area contributed by atoms with E-state index in [4.69, 9.17) is 9.47 Å². The van der Waals surface area contributed by atoms with Crippen molar-refractivity contribution in [2.24, 2.45) is 5.92 Å². The van der Waals surface area contributed by atoms with Gasteiger partial charge in [0.25, 0.3) is 5.91 Å². The molecule has 1 aliphatic rings. The highest BCUT2D eigenvalue weighted by molar-refractivity contribution is 7.89. The van der Waals surface area contributed by atoms with Crippen LogP contribution in [0.1, 0.15) is 64.2 Å². The Bertz CT molecular complexity index is 1390. The van der Waals surface area contributed by atoms with E-state index in [1.807, 2.05) is 27.7 Å². The van der Waals surface area contributed by atoms with Gasteiger partial charge in [0.05, 0.1) is 35.3 Å². The molecule has 45 heavy (non-hydrogen) atoms. The summed E-state index contributed by atoms with van der Waals surface area (Å²) in [6, 6.07) is 8.44. The first-order valence-electron chi connectivity index (χ1n) is 15.4. The minimum absolute atomic E-state index is 0.00839. The fourth-order valence-corrected chi connectivity index (χ4v) is 6.21. The summed E-state index contributed by atoms with van der Waals surface area (Å²) in [6.45, 7) is 9.36. The molecule has 1 aliphatic heterocycles. The third-order valence-electron chi connectivity index (χ3n) is 7.69. The van der Waals surface area contributed by atoms with Crippen LogP contribution in [0, 0.1) is 11.7 Å². The number of halogens is 1. The molecule has 250 valence electrons. The van der Waals surface area contributed by atoms with Crippen LogP contribution in [0.3, 0.4) is 0 Å². The van der Waals surface area contributed by atoms with E-state index >= 15 is 0 Å². The first-order valence-corrected chi connectivity index (χ1v) is 16.8. The molecule has 0 fully saturated rings. The highest BCUT2D eigenvalue weighted by atomic mass is 32.2. The van der Waals surface area contributed by atoms with Gasteiger partial charge in [-0.25, -0.2) is 17.6 Å². The lowest BCUT2D eigenvalue weighted by Gasteiger charge is -2.35. The Balaban J connectivity index is 1.96. The second-order valence-corrected chi connectivity index (χ2v) is 14.0. The van der Waals surface area contributed by atoms with E-state index in [0.717, 1.165) is 18.6 Å². The minimum Gasteiger partial charge on any atom is -0.490 e. The number of anilines is 1. The second-order valence-electron chi connectivity index (χ2n) is 12.0. The Labute approximate surface area is 266 Å². The normalized spacial score (nSPS) is 21.1. The molecule has 3 rings (SSSR count). The first-order chi connectivity index (χ1) is 21.2. The van der Waals surface area contributed by atoms with Crippen molar-refractivity contribution in [1.82, 2.24) is 14.5 Å². The molecular formula is C32H47FN4O7S. The number of hydrogen-bond acceptors (Lipinski definition) is 7. The average molecular weight is 651 g/mol. The van der Waals surface area contributed by atoms with E-state index in [1.54, 1.807) is 25.1 Å². The Kier molecular flexibility index (Phi) is 13.2. The molecular weight excluding hydrogens is 603 g/mol. The van der Waals surface area contributed by atoms with Crippen molar-refractivity contribution in [3.63, 3.8) is 0 Å². The molecule has 13 heteroatoms. The molecule has 0 aromatic heterocycles. The van der Waals surface area contributed by atoms with Crippen LogP contribution in [0.25, 0.3) is 0 Å². The number of aliphatic hydroxyl groups excluding tert-OH is 1. The number of benzene rings is 2. The van der Waals surface area contributed by atoms with E-state index in [-0.39, 0.29) is 48.2 Å². The first kappa shape index (κ1) is 36.2. The number of ether oxygens (including phenoxy) is 2. The molecule has 0 saturated carbocycles. The molecule has 2 aromatic rings. The number of nitrogens with zero attached hydrogens (tertiary/aromatic N) is 2. The summed E-state index contributed by atoms with van der Waals surface area (Å²) >= 11 is 0. The summed E-state index contributed by atoms with van der Waals surface area (Å²) in [5.74, 6) is -0.953. The third kappa shape index (κ3) is 10.1. The minimum atomic E-state index is -3.94. The summed E-state index contributed by atoms with van der Waals surface area (Å²) in [6.07, 6.45) is 1.34. The van der Waals surface area contributed by atoms with Crippen molar-refractivity contribution in [2.45, 2.75) is 83.1 Å². The molecule has 0 bridgehead atoms. The predicted molar refractivity (Wildman–Crippen MR) is 170 cm³/mol. The van der Waals surface area contributed by atoms with Gasteiger partial charge in [-0.3, -0.25) is 4.79 Å². The van der Waals surface area contributed by atoms with Gasteiger partial charge in [-0.1, -0.05) is 6.92 Å². The van der Waals surface area contributed by atoms with Gasteiger partial charge in [-0.15, -0.1) is 0 Å². The number of fused-ring (bicyclic) bond motifs is 1. The number of rotatable bonds is 8. The number of hydrogen-bond donors (Lipinski definition) is 3. The van der Waals surface area contributed by atoms with Gasteiger partial charge in [0, 0.05) is 44.4 Å². The number of amides is 3. The highest BCUT2D eigenvalue weighted by Crippen LogP contribution is 2.29. The number of aliphatic hydroxyl groups is 1. The molecule has 0 radical (unpaired) electrons. The van der Waals surface area contributed by atoms with E-state index in [2.05, 4.69) is 10.6 Å². The standard InChI is InChI=1S/C32H47FN4O7S/c1-21(2)34-32(40)35-26-12-15-29-28(17-26)31(39)37(23(4)20-38)18-22(3)30(43-16-8-7-9-24(5)44-29)19-36(6)45(41,42)27-13-10-25(33)11-14-27/h10-15,17,21-24,30,38H,7-9,16,18-20H2,1-6H3,(H2,34,35,40)/t22-,23+,24+,30+/m1/s1. The zero-order valence-corrected chi connectivity index (χ0v) is 27.8. The van der Waals surface area contributed by atoms with E-state index in [9.17, 15) is 27.5 Å². The SMILES string of the molecule is CC(C)NC(=O)Nc1ccc2c(c1)C(=O)N([C@@H](C)CO)C[C@@H](C)[C@H](CN(C)S(=O)(=O)c1ccc(F)cc1)OCCCC[C@H](C)O2. The van der Waals surface area contributed by atoms with E-state index < -0.39 is 39.9 Å².